The minimum absolute atomic E-state index is 0.197. The largest absolute Gasteiger partial charge is 0.257 e. The fraction of sp³-hybridized carbons (Fsp3) is 0.0952. The van der Waals surface area contributed by atoms with Crippen molar-refractivity contribution in [2.24, 2.45) is 5.10 Å². The molecule has 0 spiro atoms. The van der Waals surface area contributed by atoms with Gasteiger partial charge in [-0.2, -0.15) is 5.10 Å². The molecule has 0 unspecified atom stereocenters. The van der Waals surface area contributed by atoms with E-state index < -0.39 is 0 Å². The molecular weight excluding hydrogens is 316 g/mol. The zero-order chi connectivity index (χ0) is 16.4. The molecular formula is C21H17ClN2. The van der Waals surface area contributed by atoms with Crippen molar-refractivity contribution in [2.75, 3.05) is 5.01 Å². The van der Waals surface area contributed by atoms with Gasteiger partial charge in [-0.3, -0.25) is 5.01 Å². The molecule has 0 bridgehead atoms. The highest BCUT2D eigenvalue weighted by atomic mass is 35.5. The van der Waals surface area contributed by atoms with Crippen LogP contribution in [0.15, 0.2) is 90.0 Å². The summed E-state index contributed by atoms with van der Waals surface area (Å²) >= 11 is 6.04. The van der Waals surface area contributed by atoms with Crippen LogP contribution in [0.5, 0.6) is 0 Å². The van der Waals surface area contributed by atoms with E-state index in [-0.39, 0.29) is 6.04 Å². The van der Waals surface area contributed by atoms with Crippen molar-refractivity contribution in [2.45, 2.75) is 12.5 Å². The van der Waals surface area contributed by atoms with E-state index in [0.717, 1.165) is 22.8 Å². The predicted molar refractivity (Wildman–Crippen MR) is 101 cm³/mol. The molecule has 0 amide bonds. The minimum Gasteiger partial charge on any atom is -0.257 e. The van der Waals surface area contributed by atoms with Crippen LogP contribution in [0.1, 0.15) is 23.6 Å². The molecule has 0 aliphatic carbocycles. The second kappa shape index (κ2) is 6.50. The average molecular weight is 333 g/mol. The summed E-state index contributed by atoms with van der Waals surface area (Å²) in [5, 5.41) is 7.77. The van der Waals surface area contributed by atoms with Crippen molar-refractivity contribution in [3.8, 4) is 0 Å². The fourth-order valence-corrected chi connectivity index (χ4v) is 3.21. The normalized spacial score (nSPS) is 17.0. The molecule has 3 aromatic carbocycles. The van der Waals surface area contributed by atoms with Gasteiger partial charge in [-0.15, -0.1) is 0 Å². The van der Waals surface area contributed by atoms with Crippen LogP contribution in [-0.2, 0) is 0 Å². The molecule has 1 aliphatic rings. The Bertz CT molecular complexity index is 842. The highest BCUT2D eigenvalue weighted by molar-refractivity contribution is 6.30. The Morgan fingerprint density at radius 3 is 2.08 bits per heavy atom. The maximum atomic E-state index is 6.04. The molecule has 1 heterocycles. The van der Waals surface area contributed by atoms with Crippen LogP contribution in [0, 0.1) is 0 Å². The molecule has 4 rings (SSSR count). The SMILES string of the molecule is Clc1ccc(N2N=C(c3ccccc3)C[C@@H]2c2ccccc2)cc1. The van der Waals surface area contributed by atoms with Gasteiger partial charge in [0, 0.05) is 11.4 Å². The standard InChI is InChI=1S/C21H17ClN2/c22-18-11-13-19(14-12-18)24-21(17-9-5-2-6-10-17)15-20(23-24)16-7-3-1-4-8-16/h1-14,21H,15H2/t21-/m1/s1. The van der Waals surface area contributed by atoms with Gasteiger partial charge in [-0.05, 0) is 35.4 Å². The molecule has 1 aliphatic heterocycles. The van der Waals surface area contributed by atoms with E-state index in [0.29, 0.717) is 0 Å². The third-order valence-electron chi connectivity index (χ3n) is 4.29. The van der Waals surface area contributed by atoms with Crippen molar-refractivity contribution in [3.63, 3.8) is 0 Å². The van der Waals surface area contributed by atoms with E-state index in [1.807, 2.05) is 36.4 Å². The summed E-state index contributed by atoms with van der Waals surface area (Å²) in [6.45, 7) is 0. The number of hydrogen-bond donors (Lipinski definition) is 0. The highest BCUT2D eigenvalue weighted by Gasteiger charge is 2.29. The zero-order valence-corrected chi connectivity index (χ0v) is 13.9. The number of hydrazone groups is 1. The maximum Gasteiger partial charge on any atom is 0.0831 e. The number of halogens is 1. The summed E-state index contributed by atoms with van der Waals surface area (Å²) in [5.41, 5.74) is 4.61. The Labute approximate surface area is 147 Å². The van der Waals surface area contributed by atoms with E-state index in [1.165, 1.54) is 11.1 Å². The number of anilines is 1. The van der Waals surface area contributed by atoms with E-state index in [4.69, 9.17) is 16.7 Å². The summed E-state index contributed by atoms with van der Waals surface area (Å²) in [6.07, 6.45) is 0.886. The number of benzene rings is 3. The van der Waals surface area contributed by atoms with Gasteiger partial charge in [-0.25, -0.2) is 0 Å². The summed E-state index contributed by atoms with van der Waals surface area (Å²) in [6, 6.07) is 29.0. The Kier molecular flexibility index (Phi) is 4.06. The van der Waals surface area contributed by atoms with Gasteiger partial charge in [0.15, 0.2) is 0 Å². The van der Waals surface area contributed by atoms with E-state index in [9.17, 15) is 0 Å². The lowest BCUT2D eigenvalue weighted by Gasteiger charge is -2.24. The Morgan fingerprint density at radius 2 is 1.42 bits per heavy atom. The fourth-order valence-electron chi connectivity index (χ4n) is 3.08. The third kappa shape index (κ3) is 2.93. The second-order valence-electron chi connectivity index (χ2n) is 5.86. The van der Waals surface area contributed by atoms with Crippen molar-refractivity contribution in [3.05, 3.63) is 101 Å². The Hall–Kier alpha value is -2.58. The van der Waals surface area contributed by atoms with Crippen molar-refractivity contribution < 1.29 is 0 Å². The van der Waals surface area contributed by atoms with Gasteiger partial charge >= 0.3 is 0 Å². The summed E-state index contributed by atoms with van der Waals surface area (Å²) in [5.74, 6) is 0. The van der Waals surface area contributed by atoms with Crippen LogP contribution in [0.2, 0.25) is 5.02 Å². The maximum absolute atomic E-state index is 6.04. The van der Waals surface area contributed by atoms with Gasteiger partial charge < -0.3 is 0 Å². The zero-order valence-electron chi connectivity index (χ0n) is 13.1. The molecule has 1 atom stereocenters. The second-order valence-corrected chi connectivity index (χ2v) is 6.30. The smallest absolute Gasteiger partial charge is 0.0831 e. The first-order valence-corrected chi connectivity index (χ1v) is 8.42. The van der Waals surface area contributed by atoms with Gasteiger partial charge in [0.2, 0.25) is 0 Å². The van der Waals surface area contributed by atoms with Gasteiger partial charge in [-0.1, -0.05) is 72.3 Å². The van der Waals surface area contributed by atoms with E-state index >= 15 is 0 Å². The summed E-state index contributed by atoms with van der Waals surface area (Å²) in [7, 11) is 0. The lowest BCUT2D eigenvalue weighted by atomic mass is 9.98. The van der Waals surface area contributed by atoms with E-state index in [1.54, 1.807) is 0 Å². The Balaban J connectivity index is 1.75. The van der Waals surface area contributed by atoms with Crippen LogP contribution in [0.4, 0.5) is 5.69 Å². The molecule has 3 heteroatoms. The summed E-state index contributed by atoms with van der Waals surface area (Å²) < 4.78 is 0. The number of rotatable bonds is 3. The molecule has 0 fully saturated rings. The molecule has 24 heavy (non-hydrogen) atoms. The molecule has 3 aromatic rings. The van der Waals surface area contributed by atoms with Crippen molar-refractivity contribution in [1.82, 2.24) is 0 Å². The van der Waals surface area contributed by atoms with Gasteiger partial charge in [0.05, 0.1) is 17.4 Å². The van der Waals surface area contributed by atoms with Crippen LogP contribution < -0.4 is 5.01 Å². The lowest BCUT2D eigenvalue weighted by Crippen LogP contribution is -2.18. The molecule has 0 saturated carbocycles. The van der Waals surface area contributed by atoms with Crippen molar-refractivity contribution in [1.29, 1.82) is 0 Å². The Morgan fingerprint density at radius 1 is 0.792 bits per heavy atom. The molecule has 0 radical (unpaired) electrons. The predicted octanol–water partition coefficient (Wildman–Crippen LogP) is 5.70. The molecule has 118 valence electrons. The lowest BCUT2D eigenvalue weighted by molar-refractivity contribution is 0.709. The minimum atomic E-state index is 0.197. The monoisotopic (exact) mass is 332 g/mol. The number of nitrogens with zero attached hydrogens (tertiary/aromatic N) is 2. The van der Waals surface area contributed by atoms with Crippen LogP contribution in [0.3, 0.4) is 0 Å². The summed E-state index contributed by atoms with van der Waals surface area (Å²) in [4.78, 5) is 0. The van der Waals surface area contributed by atoms with Crippen molar-refractivity contribution >= 4 is 23.0 Å². The van der Waals surface area contributed by atoms with Crippen LogP contribution in [0.25, 0.3) is 0 Å². The van der Waals surface area contributed by atoms with E-state index in [2.05, 4.69) is 53.5 Å². The molecule has 0 N–H and O–H groups in total. The molecule has 0 aromatic heterocycles. The third-order valence-corrected chi connectivity index (χ3v) is 4.54. The first-order chi connectivity index (χ1) is 11.8. The van der Waals surface area contributed by atoms with Gasteiger partial charge in [0.25, 0.3) is 0 Å². The quantitative estimate of drug-likeness (QED) is 0.601. The van der Waals surface area contributed by atoms with Crippen LogP contribution in [-0.4, -0.2) is 5.71 Å². The first-order valence-electron chi connectivity index (χ1n) is 8.04. The molecule has 0 saturated heterocycles. The van der Waals surface area contributed by atoms with Gasteiger partial charge in [0.1, 0.15) is 0 Å². The number of hydrogen-bond acceptors (Lipinski definition) is 2. The highest BCUT2D eigenvalue weighted by Crippen LogP contribution is 2.36. The van der Waals surface area contributed by atoms with Crippen LogP contribution >= 0.6 is 11.6 Å². The molecule has 2 nitrogen and oxygen atoms in total. The average Bonchev–Trinajstić information content (AvgIpc) is 3.09. The topological polar surface area (TPSA) is 15.6 Å². The first kappa shape index (κ1) is 15.0.